The highest BCUT2D eigenvalue weighted by Crippen LogP contribution is 2.34. The Kier molecular flexibility index (Phi) is 4.62. The van der Waals surface area contributed by atoms with Crippen molar-refractivity contribution in [3.63, 3.8) is 0 Å². The first-order valence-corrected chi connectivity index (χ1v) is 7.48. The first-order chi connectivity index (χ1) is 9.49. The Bertz CT molecular complexity index is 599. The van der Waals surface area contributed by atoms with Crippen molar-refractivity contribution in [2.24, 2.45) is 5.92 Å². The van der Waals surface area contributed by atoms with E-state index in [1.54, 1.807) is 17.4 Å². The summed E-state index contributed by atoms with van der Waals surface area (Å²) in [4.78, 5) is 11.6. The molecule has 0 bridgehead atoms. The molecule has 1 heterocycles. The van der Waals surface area contributed by atoms with Gasteiger partial charge in [0, 0.05) is 17.0 Å². The van der Waals surface area contributed by atoms with Crippen LogP contribution in [0.1, 0.15) is 24.8 Å². The Morgan fingerprint density at radius 1 is 1.35 bits per heavy atom. The topological polar surface area (TPSA) is 55.2 Å². The van der Waals surface area contributed by atoms with Crippen LogP contribution in [0, 0.1) is 16.0 Å². The number of hydrogen-bond donors (Lipinski definition) is 1. The molecule has 20 heavy (non-hydrogen) atoms. The molecule has 0 radical (unpaired) electrons. The molecule has 0 fully saturated rings. The lowest BCUT2D eigenvalue weighted by molar-refractivity contribution is -0.384. The summed E-state index contributed by atoms with van der Waals surface area (Å²) in [7, 11) is 0. The third kappa shape index (κ3) is 3.29. The molecule has 0 saturated heterocycles. The highest BCUT2D eigenvalue weighted by Gasteiger charge is 2.19. The van der Waals surface area contributed by atoms with Crippen LogP contribution < -0.4 is 5.32 Å². The van der Waals surface area contributed by atoms with Crippen LogP contribution in [0.2, 0.25) is 5.02 Å². The summed E-state index contributed by atoms with van der Waals surface area (Å²) in [5.74, 6) is 0.337. The summed E-state index contributed by atoms with van der Waals surface area (Å²) in [5.41, 5.74) is 0.624. The molecule has 1 aromatic carbocycles. The van der Waals surface area contributed by atoms with E-state index in [-0.39, 0.29) is 11.7 Å². The maximum atomic E-state index is 10.8. The van der Waals surface area contributed by atoms with Gasteiger partial charge in [-0.2, -0.15) is 0 Å². The number of nitro groups is 1. The number of non-ortho nitro benzene ring substituents is 1. The molecule has 6 heteroatoms. The minimum atomic E-state index is -0.420. The molecule has 0 aliphatic rings. The van der Waals surface area contributed by atoms with Crippen LogP contribution in [0.5, 0.6) is 0 Å². The van der Waals surface area contributed by atoms with Gasteiger partial charge in [0.2, 0.25) is 0 Å². The number of anilines is 1. The lowest BCUT2D eigenvalue weighted by Crippen LogP contribution is -2.15. The van der Waals surface area contributed by atoms with E-state index in [2.05, 4.69) is 19.2 Å². The van der Waals surface area contributed by atoms with Gasteiger partial charge in [0.1, 0.15) is 0 Å². The molecule has 0 spiro atoms. The highest BCUT2D eigenvalue weighted by molar-refractivity contribution is 7.10. The lowest BCUT2D eigenvalue weighted by atomic mass is 10.0. The number of benzene rings is 1. The first-order valence-electron chi connectivity index (χ1n) is 6.23. The van der Waals surface area contributed by atoms with Gasteiger partial charge in [0.25, 0.3) is 5.69 Å². The van der Waals surface area contributed by atoms with E-state index in [1.807, 2.05) is 17.5 Å². The number of halogens is 1. The van der Waals surface area contributed by atoms with Crippen LogP contribution >= 0.6 is 22.9 Å². The van der Waals surface area contributed by atoms with Crippen molar-refractivity contribution < 1.29 is 4.92 Å². The second-order valence-electron chi connectivity index (χ2n) is 4.80. The van der Waals surface area contributed by atoms with Crippen LogP contribution in [0.15, 0.2) is 35.7 Å². The molecule has 1 aromatic heterocycles. The zero-order chi connectivity index (χ0) is 14.7. The summed E-state index contributed by atoms with van der Waals surface area (Å²) in [6, 6.07) is 8.55. The van der Waals surface area contributed by atoms with Crippen molar-refractivity contribution in [3.05, 3.63) is 55.7 Å². The standard InChI is InChI=1S/C14H15ClN2O2S/c1-9(2)14(13-4-3-7-20-13)16-12-8-10(17(18)19)5-6-11(12)15/h3-9,14,16H,1-2H3. The number of nitro benzene ring substituents is 1. The van der Waals surface area contributed by atoms with E-state index >= 15 is 0 Å². The van der Waals surface area contributed by atoms with Gasteiger partial charge in [-0.25, -0.2) is 0 Å². The van der Waals surface area contributed by atoms with Crippen LogP contribution in [0.25, 0.3) is 0 Å². The van der Waals surface area contributed by atoms with E-state index in [0.29, 0.717) is 16.6 Å². The summed E-state index contributed by atoms with van der Waals surface area (Å²) in [6.07, 6.45) is 0. The highest BCUT2D eigenvalue weighted by atomic mass is 35.5. The summed E-state index contributed by atoms with van der Waals surface area (Å²) in [5, 5.41) is 16.7. The van der Waals surface area contributed by atoms with Crippen LogP contribution in [0.3, 0.4) is 0 Å². The van der Waals surface area contributed by atoms with E-state index < -0.39 is 4.92 Å². The van der Waals surface area contributed by atoms with Gasteiger partial charge in [-0.3, -0.25) is 10.1 Å². The number of hydrogen-bond acceptors (Lipinski definition) is 4. The Hall–Kier alpha value is -1.59. The second kappa shape index (κ2) is 6.24. The monoisotopic (exact) mass is 310 g/mol. The fourth-order valence-corrected chi connectivity index (χ4v) is 3.06. The Balaban J connectivity index is 2.31. The fraction of sp³-hybridized carbons (Fsp3) is 0.286. The maximum absolute atomic E-state index is 10.8. The third-order valence-corrected chi connectivity index (χ3v) is 4.27. The summed E-state index contributed by atoms with van der Waals surface area (Å²) >= 11 is 7.78. The Morgan fingerprint density at radius 2 is 2.10 bits per heavy atom. The normalized spacial score (nSPS) is 12.4. The molecule has 2 rings (SSSR count). The third-order valence-electron chi connectivity index (χ3n) is 2.99. The van der Waals surface area contributed by atoms with Gasteiger partial charge in [0.05, 0.1) is 21.7 Å². The Labute approximate surface area is 126 Å². The summed E-state index contributed by atoms with van der Waals surface area (Å²) in [6.45, 7) is 4.20. The Morgan fingerprint density at radius 3 is 2.65 bits per heavy atom. The molecule has 0 aliphatic carbocycles. The molecule has 0 saturated carbocycles. The average molecular weight is 311 g/mol. The van der Waals surface area contributed by atoms with Crippen molar-refractivity contribution >= 4 is 34.3 Å². The summed E-state index contributed by atoms with van der Waals surface area (Å²) < 4.78 is 0. The van der Waals surface area contributed by atoms with Gasteiger partial charge in [-0.05, 0) is 23.4 Å². The number of thiophene rings is 1. The SMILES string of the molecule is CC(C)C(Nc1cc([N+](=O)[O-])ccc1Cl)c1cccs1. The van der Waals surface area contributed by atoms with Crippen LogP contribution in [0.4, 0.5) is 11.4 Å². The molecule has 1 atom stereocenters. The molecule has 0 aliphatic heterocycles. The fourth-order valence-electron chi connectivity index (χ4n) is 1.94. The quantitative estimate of drug-likeness (QED) is 0.616. The van der Waals surface area contributed by atoms with E-state index in [9.17, 15) is 10.1 Å². The van der Waals surface area contributed by atoms with Crippen LogP contribution in [-0.4, -0.2) is 4.92 Å². The van der Waals surface area contributed by atoms with Gasteiger partial charge >= 0.3 is 0 Å². The predicted octanol–water partition coefficient (Wildman–Crippen LogP) is 5.12. The van der Waals surface area contributed by atoms with E-state index in [1.165, 1.54) is 17.0 Å². The van der Waals surface area contributed by atoms with Crippen molar-refractivity contribution in [2.45, 2.75) is 19.9 Å². The molecule has 1 N–H and O–H groups in total. The zero-order valence-corrected chi connectivity index (χ0v) is 12.7. The zero-order valence-electron chi connectivity index (χ0n) is 11.2. The number of nitrogens with zero attached hydrogens (tertiary/aromatic N) is 1. The smallest absolute Gasteiger partial charge is 0.271 e. The number of rotatable bonds is 5. The maximum Gasteiger partial charge on any atom is 0.271 e. The van der Waals surface area contributed by atoms with Crippen molar-refractivity contribution in [1.82, 2.24) is 0 Å². The average Bonchev–Trinajstić information content (AvgIpc) is 2.90. The number of nitrogens with one attached hydrogen (secondary N) is 1. The van der Waals surface area contributed by atoms with Crippen molar-refractivity contribution in [2.75, 3.05) is 5.32 Å². The first kappa shape index (κ1) is 14.8. The molecular weight excluding hydrogens is 296 g/mol. The van der Waals surface area contributed by atoms with Gasteiger partial charge in [-0.1, -0.05) is 31.5 Å². The minimum Gasteiger partial charge on any atom is -0.376 e. The van der Waals surface area contributed by atoms with E-state index in [0.717, 1.165) is 0 Å². The molecule has 0 amide bonds. The molecule has 1 unspecified atom stereocenters. The molecule has 106 valence electrons. The molecule has 2 aromatic rings. The minimum absolute atomic E-state index is 0.0329. The molecular formula is C14H15ClN2O2S. The predicted molar refractivity (Wildman–Crippen MR) is 83.6 cm³/mol. The van der Waals surface area contributed by atoms with E-state index in [4.69, 9.17) is 11.6 Å². The van der Waals surface area contributed by atoms with Crippen LogP contribution in [-0.2, 0) is 0 Å². The van der Waals surface area contributed by atoms with Crippen molar-refractivity contribution in [1.29, 1.82) is 0 Å². The van der Waals surface area contributed by atoms with Gasteiger partial charge < -0.3 is 5.32 Å². The largest absolute Gasteiger partial charge is 0.376 e. The second-order valence-corrected chi connectivity index (χ2v) is 6.19. The van der Waals surface area contributed by atoms with Gasteiger partial charge in [-0.15, -0.1) is 11.3 Å². The lowest BCUT2D eigenvalue weighted by Gasteiger charge is -2.23. The molecule has 4 nitrogen and oxygen atoms in total. The van der Waals surface area contributed by atoms with Crippen molar-refractivity contribution in [3.8, 4) is 0 Å². The van der Waals surface area contributed by atoms with Gasteiger partial charge in [0.15, 0.2) is 0 Å².